The highest BCUT2D eigenvalue weighted by Crippen LogP contribution is 2.32. The van der Waals surface area contributed by atoms with Gasteiger partial charge < -0.3 is 15.8 Å². The zero-order valence-corrected chi connectivity index (χ0v) is 14.4. The molecule has 0 radical (unpaired) electrons. The van der Waals surface area contributed by atoms with Crippen molar-refractivity contribution in [2.75, 3.05) is 17.7 Å². The Morgan fingerprint density at radius 2 is 2.08 bits per heavy atom. The summed E-state index contributed by atoms with van der Waals surface area (Å²) >= 11 is 0. The van der Waals surface area contributed by atoms with Crippen LogP contribution in [0.2, 0.25) is 0 Å². The molecule has 0 aliphatic carbocycles. The number of hydrogen-bond acceptors (Lipinski definition) is 7. The van der Waals surface area contributed by atoms with Gasteiger partial charge in [-0.15, -0.1) is 0 Å². The number of allylic oxidation sites excluding steroid dienone is 1. The van der Waals surface area contributed by atoms with Gasteiger partial charge in [-0.1, -0.05) is 19.9 Å². The molecule has 1 aromatic heterocycles. The molecule has 2 atom stereocenters. The van der Waals surface area contributed by atoms with Gasteiger partial charge in [-0.05, 0) is 19.8 Å². The number of halogens is 3. The van der Waals surface area contributed by atoms with Gasteiger partial charge >= 0.3 is 6.18 Å². The first-order chi connectivity index (χ1) is 11.9. The second kappa shape index (κ2) is 9.80. The largest absolute Gasteiger partial charge is 0.478 e. The molecule has 1 aromatic rings. The number of rotatable bonds is 4. The van der Waals surface area contributed by atoms with Crippen molar-refractivity contribution < 1.29 is 17.9 Å². The lowest BCUT2D eigenvalue weighted by Crippen LogP contribution is -2.34. The predicted octanol–water partition coefficient (Wildman–Crippen LogP) is 3.18. The summed E-state index contributed by atoms with van der Waals surface area (Å²) < 4.78 is 44.4. The van der Waals surface area contributed by atoms with Gasteiger partial charge in [0.05, 0.1) is 6.04 Å². The van der Waals surface area contributed by atoms with Crippen LogP contribution in [-0.2, 0) is 4.74 Å². The first kappa shape index (κ1) is 20.7. The van der Waals surface area contributed by atoms with Crippen LogP contribution in [0.15, 0.2) is 23.6 Å². The number of alkyl halides is 3. The van der Waals surface area contributed by atoms with Crippen molar-refractivity contribution in [2.24, 2.45) is 10.9 Å². The smallest absolute Gasteiger partial charge is 0.400 e. The van der Waals surface area contributed by atoms with Crippen LogP contribution in [0.1, 0.15) is 33.6 Å². The number of hydrogen-bond donors (Lipinski definition) is 2. The molecule has 0 saturated heterocycles. The molecule has 0 amide bonds. The predicted molar refractivity (Wildman–Crippen MR) is 90.0 cm³/mol. The number of anilines is 2. The fourth-order valence-corrected chi connectivity index (χ4v) is 1.97. The quantitative estimate of drug-likeness (QED) is 0.856. The summed E-state index contributed by atoms with van der Waals surface area (Å²) in [7, 11) is 0. The van der Waals surface area contributed by atoms with Gasteiger partial charge in [0.25, 0.3) is 0 Å². The van der Waals surface area contributed by atoms with Crippen LogP contribution in [0.5, 0.6) is 0 Å². The van der Waals surface area contributed by atoms with Crippen LogP contribution >= 0.6 is 0 Å². The van der Waals surface area contributed by atoms with Gasteiger partial charge in [-0.2, -0.15) is 18.2 Å². The van der Waals surface area contributed by atoms with Crippen LogP contribution in [0.3, 0.4) is 0 Å². The molecule has 2 rings (SSSR count). The molecule has 0 fully saturated rings. The number of nitrogen functional groups attached to an aromatic ring is 1. The number of aromatic nitrogens is 3. The van der Waals surface area contributed by atoms with E-state index in [-0.39, 0.29) is 36.9 Å². The molecule has 2 unspecified atom stereocenters. The van der Waals surface area contributed by atoms with Crippen molar-refractivity contribution >= 4 is 17.8 Å². The van der Waals surface area contributed by atoms with Gasteiger partial charge in [-0.3, -0.25) is 0 Å². The summed E-state index contributed by atoms with van der Waals surface area (Å²) in [6.07, 6.45) is 0.00160. The van der Waals surface area contributed by atoms with Gasteiger partial charge in [0.15, 0.2) is 5.90 Å². The summed E-state index contributed by atoms with van der Waals surface area (Å²) in [5, 5.41) is 2.87. The molecule has 140 valence electrons. The molecule has 10 heteroatoms. The van der Waals surface area contributed by atoms with E-state index in [1.54, 1.807) is 13.0 Å². The lowest BCUT2D eigenvalue weighted by Gasteiger charge is -2.22. The molecule has 0 aromatic carbocycles. The molecule has 25 heavy (non-hydrogen) atoms. The van der Waals surface area contributed by atoms with Crippen molar-refractivity contribution in [3.63, 3.8) is 0 Å². The van der Waals surface area contributed by atoms with Crippen molar-refractivity contribution in [2.45, 2.75) is 45.8 Å². The summed E-state index contributed by atoms with van der Waals surface area (Å²) in [6.45, 7) is 5.69. The Labute approximate surface area is 144 Å². The highest BCUT2D eigenvalue weighted by Gasteiger charge is 2.44. The standard InChI is InChI=1S/C13H17F3N6O.C2H6/c1-8(21-12-20-7-19-11(17)22-12)6-23-10-9(13(14,15)16)4-2-3-5-18-10;1-2/h3,5,7-9H,2,4,6H2,1H3,(H3,17,19,20,21,22);1-2H3. The molecule has 1 aliphatic rings. The molecule has 0 spiro atoms. The maximum Gasteiger partial charge on any atom is 0.400 e. The van der Waals surface area contributed by atoms with Crippen LogP contribution in [0, 0.1) is 5.92 Å². The Bertz CT molecular complexity index is 591. The maximum atomic E-state index is 13.0. The van der Waals surface area contributed by atoms with Gasteiger partial charge in [-0.25, -0.2) is 15.0 Å². The fourth-order valence-electron chi connectivity index (χ4n) is 1.97. The number of aliphatic imine (C=N–C) groups is 1. The van der Waals surface area contributed by atoms with Crippen LogP contribution in [0.4, 0.5) is 25.1 Å². The minimum absolute atomic E-state index is 0.0230. The van der Waals surface area contributed by atoms with Crippen molar-refractivity contribution in [3.05, 3.63) is 18.6 Å². The van der Waals surface area contributed by atoms with Gasteiger partial charge in [0, 0.05) is 6.20 Å². The molecule has 2 heterocycles. The Hall–Kier alpha value is -2.39. The van der Waals surface area contributed by atoms with E-state index in [1.165, 1.54) is 12.5 Å². The Morgan fingerprint density at radius 3 is 2.72 bits per heavy atom. The lowest BCUT2D eigenvalue weighted by atomic mass is 10.0. The van der Waals surface area contributed by atoms with Crippen molar-refractivity contribution in [3.8, 4) is 0 Å². The molecular formula is C15H23F3N6O. The highest BCUT2D eigenvalue weighted by atomic mass is 19.4. The topological polar surface area (TPSA) is 98.3 Å². The third kappa shape index (κ3) is 6.94. The first-order valence-corrected chi connectivity index (χ1v) is 7.99. The second-order valence-corrected chi connectivity index (χ2v) is 5.05. The van der Waals surface area contributed by atoms with E-state index in [1.807, 2.05) is 13.8 Å². The SMILES string of the molecule is CC.CC(COC1=NC=CCCC1C(F)(F)F)Nc1ncnc(N)n1. The van der Waals surface area contributed by atoms with Crippen molar-refractivity contribution in [1.29, 1.82) is 0 Å². The molecule has 3 N–H and O–H groups in total. The zero-order valence-electron chi connectivity index (χ0n) is 14.4. The Kier molecular flexibility index (Phi) is 8.09. The number of nitrogens with zero attached hydrogens (tertiary/aromatic N) is 4. The van der Waals surface area contributed by atoms with Gasteiger partial charge in [0.2, 0.25) is 11.9 Å². The summed E-state index contributed by atoms with van der Waals surface area (Å²) in [5.74, 6) is -1.75. The van der Waals surface area contributed by atoms with E-state index >= 15 is 0 Å². The van der Waals surface area contributed by atoms with Crippen molar-refractivity contribution in [1.82, 2.24) is 15.0 Å². The van der Waals surface area contributed by atoms with Crippen LogP contribution < -0.4 is 11.1 Å². The zero-order chi connectivity index (χ0) is 18.9. The molecule has 7 nitrogen and oxygen atoms in total. The summed E-state index contributed by atoms with van der Waals surface area (Å²) in [6, 6.07) is -0.347. The number of nitrogens with two attached hydrogens (primary N) is 1. The average Bonchev–Trinajstić information content (AvgIpc) is 2.80. The molecule has 0 saturated carbocycles. The average molecular weight is 360 g/mol. The maximum absolute atomic E-state index is 13.0. The third-order valence-electron chi connectivity index (χ3n) is 3.07. The molecular weight excluding hydrogens is 337 g/mol. The van der Waals surface area contributed by atoms with Crippen LogP contribution in [-0.4, -0.2) is 39.7 Å². The molecule has 1 aliphatic heterocycles. The highest BCUT2D eigenvalue weighted by molar-refractivity contribution is 5.80. The Morgan fingerprint density at radius 1 is 1.36 bits per heavy atom. The fraction of sp³-hybridized carbons (Fsp3) is 0.600. The van der Waals surface area contributed by atoms with E-state index in [2.05, 4.69) is 25.3 Å². The molecule has 0 bridgehead atoms. The minimum Gasteiger partial charge on any atom is -0.478 e. The van der Waals surface area contributed by atoms with E-state index in [4.69, 9.17) is 10.5 Å². The third-order valence-corrected chi connectivity index (χ3v) is 3.07. The minimum atomic E-state index is -4.38. The second-order valence-electron chi connectivity index (χ2n) is 5.05. The normalized spacial score (nSPS) is 18.3. The van der Waals surface area contributed by atoms with Crippen LogP contribution in [0.25, 0.3) is 0 Å². The first-order valence-electron chi connectivity index (χ1n) is 7.99. The van der Waals surface area contributed by atoms with Gasteiger partial charge in [0.1, 0.15) is 18.9 Å². The number of ether oxygens (including phenoxy) is 1. The monoisotopic (exact) mass is 360 g/mol. The number of nitrogens with one attached hydrogen (secondary N) is 1. The van der Waals surface area contributed by atoms with E-state index < -0.39 is 12.1 Å². The van der Waals surface area contributed by atoms with E-state index in [0.29, 0.717) is 6.42 Å². The summed E-state index contributed by atoms with van der Waals surface area (Å²) in [5.41, 5.74) is 5.42. The Balaban J connectivity index is 0.00000151. The van der Waals surface area contributed by atoms with E-state index in [0.717, 1.165) is 0 Å². The lowest BCUT2D eigenvalue weighted by molar-refractivity contribution is -0.160. The van der Waals surface area contributed by atoms with E-state index in [9.17, 15) is 13.2 Å². The summed E-state index contributed by atoms with van der Waals surface area (Å²) in [4.78, 5) is 15.1.